The van der Waals surface area contributed by atoms with Crippen LogP contribution in [0.2, 0.25) is 0 Å². The molecule has 6 heteroatoms. The SMILES string of the molecule is O=Cc1ncn(-c2ncccc2F)n1. The van der Waals surface area contributed by atoms with Crippen molar-refractivity contribution in [2.45, 2.75) is 0 Å². The van der Waals surface area contributed by atoms with Crippen molar-refractivity contribution in [1.29, 1.82) is 0 Å². The fourth-order valence-electron chi connectivity index (χ4n) is 0.978. The average Bonchev–Trinajstić information content (AvgIpc) is 2.67. The van der Waals surface area contributed by atoms with Crippen LogP contribution in [0.4, 0.5) is 4.39 Å². The number of carbonyl (C=O) groups is 1. The van der Waals surface area contributed by atoms with Crippen LogP contribution in [0.25, 0.3) is 5.82 Å². The summed E-state index contributed by atoms with van der Waals surface area (Å²) in [6.07, 6.45) is 3.15. The molecular formula is C8H5FN4O. The highest BCUT2D eigenvalue weighted by Gasteiger charge is 2.07. The van der Waals surface area contributed by atoms with Crippen molar-refractivity contribution >= 4 is 6.29 Å². The van der Waals surface area contributed by atoms with Crippen LogP contribution in [0.15, 0.2) is 24.7 Å². The summed E-state index contributed by atoms with van der Waals surface area (Å²) in [5.74, 6) is -0.502. The molecule has 0 N–H and O–H groups in total. The second-order valence-electron chi connectivity index (χ2n) is 2.47. The van der Waals surface area contributed by atoms with Crippen molar-refractivity contribution in [3.8, 4) is 5.82 Å². The zero-order chi connectivity index (χ0) is 9.97. The molecule has 0 aromatic carbocycles. The Morgan fingerprint density at radius 2 is 2.29 bits per heavy atom. The summed E-state index contributed by atoms with van der Waals surface area (Å²) in [5.41, 5.74) is 0. The number of aldehydes is 1. The summed E-state index contributed by atoms with van der Waals surface area (Å²) in [6.45, 7) is 0. The molecule has 0 saturated heterocycles. The van der Waals surface area contributed by atoms with Crippen LogP contribution in [0, 0.1) is 5.82 Å². The second kappa shape index (κ2) is 3.33. The molecule has 0 saturated carbocycles. The Labute approximate surface area is 78.2 Å². The Balaban J connectivity index is 2.49. The second-order valence-corrected chi connectivity index (χ2v) is 2.47. The van der Waals surface area contributed by atoms with Crippen LogP contribution in [0.1, 0.15) is 10.6 Å². The molecule has 0 fully saturated rings. The molecule has 0 aliphatic carbocycles. The Hall–Kier alpha value is -2.11. The molecule has 2 aromatic heterocycles. The van der Waals surface area contributed by atoms with Gasteiger partial charge in [0.1, 0.15) is 6.33 Å². The lowest BCUT2D eigenvalue weighted by molar-refractivity contribution is 0.111. The number of nitrogens with zero attached hydrogens (tertiary/aromatic N) is 4. The van der Waals surface area contributed by atoms with E-state index in [4.69, 9.17) is 0 Å². The van der Waals surface area contributed by atoms with E-state index in [1.807, 2.05) is 0 Å². The van der Waals surface area contributed by atoms with E-state index in [2.05, 4.69) is 15.1 Å². The van der Waals surface area contributed by atoms with Gasteiger partial charge >= 0.3 is 0 Å². The lowest BCUT2D eigenvalue weighted by Gasteiger charge is -1.98. The van der Waals surface area contributed by atoms with Crippen molar-refractivity contribution < 1.29 is 9.18 Å². The normalized spacial score (nSPS) is 10.1. The van der Waals surface area contributed by atoms with Gasteiger partial charge in [-0.05, 0) is 12.1 Å². The van der Waals surface area contributed by atoms with Crippen LogP contribution in [-0.2, 0) is 0 Å². The van der Waals surface area contributed by atoms with Crippen molar-refractivity contribution in [2.75, 3.05) is 0 Å². The maximum Gasteiger partial charge on any atom is 0.214 e. The summed E-state index contributed by atoms with van der Waals surface area (Å²) in [5, 5.41) is 3.69. The third kappa shape index (κ3) is 1.37. The molecular weight excluding hydrogens is 187 g/mol. The van der Waals surface area contributed by atoms with E-state index in [-0.39, 0.29) is 11.6 Å². The summed E-state index contributed by atoms with van der Waals surface area (Å²) >= 11 is 0. The van der Waals surface area contributed by atoms with E-state index >= 15 is 0 Å². The standard InChI is InChI=1S/C8H5FN4O/c9-6-2-1-3-10-8(6)13-5-11-7(4-14)12-13/h1-5H. The third-order valence-electron chi connectivity index (χ3n) is 1.57. The Bertz CT molecular complexity index is 468. The number of hydrogen-bond acceptors (Lipinski definition) is 4. The first-order valence-corrected chi connectivity index (χ1v) is 3.79. The van der Waals surface area contributed by atoms with Crippen LogP contribution < -0.4 is 0 Å². The van der Waals surface area contributed by atoms with Gasteiger partial charge in [0.25, 0.3) is 0 Å². The molecule has 2 heterocycles. The molecule has 2 aromatic rings. The predicted molar refractivity (Wildman–Crippen MR) is 44.5 cm³/mol. The van der Waals surface area contributed by atoms with Gasteiger partial charge in [0, 0.05) is 6.20 Å². The molecule has 0 amide bonds. The summed E-state index contributed by atoms with van der Waals surface area (Å²) in [7, 11) is 0. The largest absolute Gasteiger partial charge is 0.294 e. The molecule has 14 heavy (non-hydrogen) atoms. The highest BCUT2D eigenvalue weighted by molar-refractivity contribution is 5.68. The molecule has 0 unspecified atom stereocenters. The third-order valence-corrected chi connectivity index (χ3v) is 1.57. The highest BCUT2D eigenvalue weighted by atomic mass is 19.1. The number of carbonyl (C=O) groups excluding carboxylic acids is 1. The molecule has 70 valence electrons. The molecule has 0 spiro atoms. The molecule has 2 rings (SSSR count). The van der Waals surface area contributed by atoms with Gasteiger partial charge in [-0.3, -0.25) is 4.79 Å². The minimum Gasteiger partial charge on any atom is -0.294 e. The minimum absolute atomic E-state index is 0.00458. The fraction of sp³-hybridized carbons (Fsp3) is 0. The number of rotatable bonds is 2. The van der Waals surface area contributed by atoms with Gasteiger partial charge in [0.15, 0.2) is 17.9 Å². The molecule has 0 aliphatic heterocycles. The monoisotopic (exact) mass is 192 g/mol. The van der Waals surface area contributed by atoms with E-state index < -0.39 is 5.82 Å². The summed E-state index contributed by atoms with van der Waals surface area (Å²) in [6, 6.07) is 2.72. The van der Waals surface area contributed by atoms with E-state index in [1.54, 1.807) is 0 Å². The summed E-state index contributed by atoms with van der Waals surface area (Å²) < 4.78 is 14.3. The van der Waals surface area contributed by atoms with E-state index in [0.29, 0.717) is 6.29 Å². The molecule has 0 atom stereocenters. The number of halogens is 1. The topological polar surface area (TPSA) is 60.7 Å². The minimum atomic E-state index is -0.519. The average molecular weight is 192 g/mol. The highest BCUT2D eigenvalue weighted by Crippen LogP contribution is 2.06. The van der Waals surface area contributed by atoms with Gasteiger partial charge < -0.3 is 0 Å². The van der Waals surface area contributed by atoms with Gasteiger partial charge in [-0.25, -0.2) is 14.4 Å². The smallest absolute Gasteiger partial charge is 0.214 e. The van der Waals surface area contributed by atoms with E-state index in [0.717, 1.165) is 4.68 Å². The van der Waals surface area contributed by atoms with Crippen molar-refractivity contribution in [3.05, 3.63) is 36.3 Å². The molecule has 0 aliphatic rings. The van der Waals surface area contributed by atoms with Crippen LogP contribution in [-0.4, -0.2) is 26.0 Å². The molecule has 5 nitrogen and oxygen atoms in total. The van der Waals surface area contributed by atoms with E-state index in [9.17, 15) is 9.18 Å². The Morgan fingerprint density at radius 3 is 2.93 bits per heavy atom. The Kier molecular flexibility index (Phi) is 2.02. The molecule has 0 bridgehead atoms. The number of aromatic nitrogens is 4. The zero-order valence-electron chi connectivity index (χ0n) is 6.96. The van der Waals surface area contributed by atoms with Crippen LogP contribution >= 0.6 is 0 Å². The first kappa shape index (κ1) is 8.49. The lowest BCUT2D eigenvalue weighted by atomic mass is 10.4. The first-order chi connectivity index (χ1) is 6.81. The number of pyridine rings is 1. The zero-order valence-corrected chi connectivity index (χ0v) is 6.96. The fourth-order valence-corrected chi connectivity index (χ4v) is 0.978. The Morgan fingerprint density at radius 1 is 1.43 bits per heavy atom. The van der Waals surface area contributed by atoms with Gasteiger partial charge in [-0.2, -0.15) is 4.68 Å². The number of hydrogen-bond donors (Lipinski definition) is 0. The van der Waals surface area contributed by atoms with Gasteiger partial charge in [-0.15, -0.1) is 5.10 Å². The van der Waals surface area contributed by atoms with Crippen LogP contribution in [0.5, 0.6) is 0 Å². The molecule has 0 radical (unpaired) electrons. The maximum atomic E-state index is 13.1. The van der Waals surface area contributed by atoms with Gasteiger partial charge in [-0.1, -0.05) is 0 Å². The van der Waals surface area contributed by atoms with Crippen molar-refractivity contribution in [3.63, 3.8) is 0 Å². The van der Waals surface area contributed by atoms with E-state index in [1.165, 1.54) is 24.7 Å². The van der Waals surface area contributed by atoms with Crippen LogP contribution in [0.3, 0.4) is 0 Å². The lowest BCUT2D eigenvalue weighted by Crippen LogP contribution is -2.01. The maximum absolute atomic E-state index is 13.1. The predicted octanol–water partition coefficient (Wildman–Crippen LogP) is 0.614. The first-order valence-electron chi connectivity index (χ1n) is 3.79. The van der Waals surface area contributed by atoms with Gasteiger partial charge in [0.2, 0.25) is 5.82 Å². The van der Waals surface area contributed by atoms with Crippen molar-refractivity contribution in [1.82, 2.24) is 19.7 Å². The summed E-state index contributed by atoms with van der Waals surface area (Å²) in [4.78, 5) is 17.7. The van der Waals surface area contributed by atoms with Gasteiger partial charge in [0.05, 0.1) is 0 Å². The quantitative estimate of drug-likeness (QED) is 0.654. The van der Waals surface area contributed by atoms with Crippen molar-refractivity contribution in [2.24, 2.45) is 0 Å².